The predicted molar refractivity (Wildman–Crippen MR) is 112 cm³/mol. The zero-order valence-corrected chi connectivity index (χ0v) is 17.9. The average Bonchev–Trinajstić information content (AvgIpc) is 2.72. The van der Waals surface area contributed by atoms with Crippen molar-refractivity contribution in [3.05, 3.63) is 29.8 Å². The van der Waals surface area contributed by atoms with Gasteiger partial charge in [-0.1, -0.05) is 12.1 Å². The molecule has 1 amide bonds. The van der Waals surface area contributed by atoms with E-state index in [9.17, 15) is 13.2 Å². The molecule has 3 N–H and O–H groups in total. The SMILES string of the molecule is CCS(=O)(=O)N1CCCC(C(=O)NNC(=S)NCCc2ccc(OC)cc2)C1. The summed E-state index contributed by atoms with van der Waals surface area (Å²) in [5.74, 6) is 0.214. The fraction of sp³-hybridized carbons (Fsp3) is 0.556. The number of carbonyl (C=O) groups is 1. The third-order valence-electron chi connectivity index (χ3n) is 4.67. The molecule has 1 unspecified atom stereocenters. The lowest BCUT2D eigenvalue weighted by molar-refractivity contribution is -0.126. The van der Waals surface area contributed by atoms with Crippen LogP contribution in [-0.2, 0) is 21.2 Å². The third-order valence-corrected chi connectivity index (χ3v) is 6.77. The Morgan fingerprint density at radius 2 is 2.00 bits per heavy atom. The maximum Gasteiger partial charge on any atom is 0.242 e. The highest BCUT2D eigenvalue weighted by Crippen LogP contribution is 2.19. The van der Waals surface area contributed by atoms with Crippen molar-refractivity contribution in [1.82, 2.24) is 20.5 Å². The summed E-state index contributed by atoms with van der Waals surface area (Å²) in [4.78, 5) is 12.3. The molecule has 1 aliphatic heterocycles. The number of nitrogens with one attached hydrogen (secondary N) is 3. The first-order valence-corrected chi connectivity index (χ1v) is 11.3. The molecular weight excluding hydrogens is 400 g/mol. The van der Waals surface area contributed by atoms with E-state index in [0.29, 0.717) is 31.0 Å². The molecule has 2 rings (SSSR count). The van der Waals surface area contributed by atoms with E-state index >= 15 is 0 Å². The standard InChI is InChI=1S/C18H28N4O4S2/c1-3-28(24,25)22-12-4-5-15(13-22)17(23)20-21-18(27)19-11-10-14-6-8-16(26-2)9-7-14/h6-9,15H,3-5,10-13H2,1-2H3,(H,20,23)(H2,19,21,27). The van der Waals surface area contributed by atoms with Gasteiger partial charge in [0.05, 0.1) is 18.8 Å². The fourth-order valence-corrected chi connectivity index (χ4v) is 4.30. The highest BCUT2D eigenvalue weighted by atomic mass is 32.2. The first-order chi connectivity index (χ1) is 13.4. The number of thiocarbonyl (C=S) groups is 1. The molecule has 8 nitrogen and oxygen atoms in total. The summed E-state index contributed by atoms with van der Waals surface area (Å²) in [5.41, 5.74) is 6.40. The normalized spacial score (nSPS) is 17.6. The molecule has 1 aliphatic rings. The molecule has 0 bridgehead atoms. The summed E-state index contributed by atoms with van der Waals surface area (Å²) in [7, 11) is -1.65. The zero-order valence-electron chi connectivity index (χ0n) is 16.2. The Bertz CT molecular complexity index is 768. The number of benzene rings is 1. The van der Waals surface area contributed by atoms with E-state index in [4.69, 9.17) is 17.0 Å². The summed E-state index contributed by atoms with van der Waals surface area (Å²) >= 11 is 5.17. The molecule has 0 aromatic heterocycles. The summed E-state index contributed by atoms with van der Waals surface area (Å²) in [5, 5.41) is 3.34. The molecule has 1 atom stereocenters. The molecule has 1 fully saturated rings. The van der Waals surface area contributed by atoms with Crippen LogP contribution in [0, 0.1) is 5.92 Å². The van der Waals surface area contributed by atoms with Crippen LogP contribution in [0.4, 0.5) is 0 Å². The maximum absolute atomic E-state index is 12.3. The van der Waals surface area contributed by atoms with E-state index in [0.717, 1.165) is 17.7 Å². The van der Waals surface area contributed by atoms with Gasteiger partial charge >= 0.3 is 0 Å². The zero-order chi connectivity index (χ0) is 20.6. The van der Waals surface area contributed by atoms with Crippen LogP contribution in [0.1, 0.15) is 25.3 Å². The lowest BCUT2D eigenvalue weighted by atomic mass is 9.99. The molecule has 0 radical (unpaired) electrons. The predicted octanol–water partition coefficient (Wildman–Crippen LogP) is 0.795. The van der Waals surface area contributed by atoms with Crippen molar-refractivity contribution in [2.75, 3.05) is 32.5 Å². The second-order valence-corrected chi connectivity index (χ2v) is 9.23. The number of rotatable bonds is 7. The summed E-state index contributed by atoms with van der Waals surface area (Å²) in [6.45, 7) is 2.90. The minimum absolute atomic E-state index is 0.0434. The maximum atomic E-state index is 12.3. The highest BCUT2D eigenvalue weighted by Gasteiger charge is 2.31. The van der Waals surface area contributed by atoms with E-state index in [1.54, 1.807) is 14.0 Å². The first kappa shape index (κ1) is 22.4. The molecule has 10 heteroatoms. The Balaban J connectivity index is 1.70. The van der Waals surface area contributed by atoms with E-state index in [1.807, 2.05) is 24.3 Å². The number of sulfonamides is 1. The Hall–Kier alpha value is -1.91. The van der Waals surface area contributed by atoms with Crippen LogP contribution in [0.2, 0.25) is 0 Å². The molecular formula is C18H28N4O4S2. The van der Waals surface area contributed by atoms with Crippen LogP contribution in [-0.4, -0.2) is 56.2 Å². The monoisotopic (exact) mass is 428 g/mol. The second-order valence-electron chi connectivity index (χ2n) is 6.57. The first-order valence-electron chi connectivity index (χ1n) is 9.30. The number of piperidine rings is 1. The van der Waals surface area contributed by atoms with Gasteiger partial charge < -0.3 is 10.1 Å². The van der Waals surface area contributed by atoms with E-state index in [2.05, 4.69) is 16.2 Å². The van der Waals surface area contributed by atoms with Crippen molar-refractivity contribution in [1.29, 1.82) is 0 Å². The van der Waals surface area contributed by atoms with Crippen LogP contribution in [0.3, 0.4) is 0 Å². The number of nitrogens with zero attached hydrogens (tertiary/aromatic N) is 1. The Labute approximate surface area is 172 Å². The van der Waals surface area contributed by atoms with Crippen LogP contribution in [0.25, 0.3) is 0 Å². The minimum atomic E-state index is -3.27. The largest absolute Gasteiger partial charge is 0.497 e. The van der Waals surface area contributed by atoms with Crippen molar-refractivity contribution < 1.29 is 17.9 Å². The molecule has 1 heterocycles. The Morgan fingerprint density at radius 3 is 2.64 bits per heavy atom. The Kier molecular flexibility index (Phi) is 8.46. The van der Waals surface area contributed by atoms with Crippen LogP contribution in [0.15, 0.2) is 24.3 Å². The molecule has 1 aromatic rings. The van der Waals surface area contributed by atoms with Crippen LogP contribution >= 0.6 is 12.2 Å². The van der Waals surface area contributed by atoms with Crippen molar-refractivity contribution in [2.45, 2.75) is 26.2 Å². The topological polar surface area (TPSA) is 99.8 Å². The number of hydrazine groups is 1. The summed E-state index contributed by atoms with van der Waals surface area (Å²) < 4.78 is 30.5. The van der Waals surface area contributed by atoms with Gasteiger partial charge in [0.1, 0.15) is 5.75 Å². The second kappa shape index (κ2) is 10.6. The molecule has 1 saturated heterocycles. The summed E-state index contributed by atoms with van der Waals surface area (Å²) in [6.07, 6.45) is 2.09. The molecule has 28 heavy (non-hydrogen) atoms. The van der Waals surface area contributed by atoms with Gasteiger partial charge in [-0.3, -0.25) is 15.6 Å². The molecule has 0 saturated carbocycles. The van der Waals surface area contributed by atoms with E-state index in [1.165, 1.54) is 4.31 Å². The fourth-order valence-electron chi connectivity index (χ4n) is 2.97. The van der Waals surface area contributed by atoms with Crippen molar-refractivity contribution in [3.63, 3.8) is 0 Å². The van der Waals surface area contributed by atoms with E-state index in [-0.39, 0.29) is 24.1 Å². The lowest BCUT2D eigenvalue weighted by Crippen LogP contribution is -2.52. The lowest BCUT2D eigenvalue weighted by Gasteiger charge is -2.30. The number of ether oxygens (including phenoxy) is 1. The molecule has 0 aliphatic carbocycles. The highest BCUT2D eigenvalue weighted by molar-refractivity contribution is 7.89. The van der Waals surface area contributed by atoms with Gasteiger partial charge in [-0.25, -0.2) is 12.7 Å². The van der Waals surface area contributed by atoms with Crippen molar-refractivity contribution >= 4 is 33.3 Å². The van der Waals surface area contributed by atoms with Gasteiger partial charge in [0, 0.05) is 19.6 Å². The number of hydrogen-bond donors (Lipinski definition) is 3. The number of amides is 1. The number of carbonyl (C=O) groups excluding carboxylic acids is 1. The van der Waals surface area contributed by atoms with Crippen LogP contribution < -0.4 is 20.9 Å². The number of hydrogen-bond acceptors (Lipinski definition) is 5. The van der Waals surface area contributed by atoms with Crippen molar-refractivity contribution in [2.24, 2.45) is 5.92 Å². The van der Waals surface area contributed by atoms with Gasteiger partial charge in [0.25, 0.3) is 0 Å². The van der Waals surface area contributed by atoms with Gasteiger partial charge in [0.2, 0.25) is 15.9 Å². The third kappa shape index (κ3) is 6.61. The molecule has 0 spiro atoms. The quantitative estimate of drug-likeness (QED) is 0.436. The molecule has 156 valence electrons. The van der Waals surface area contributed by atoms with Gasteiger partial charge in [-0.05, 0) is 56.1 Å². The van der Waals surface area contributed by atoms with Gasteiger partial charge in [-0.15, -0.1) is 0 Å². The van der Waals surface area contributed by atoms with Gasteiger partial charge in [-0.2, -0.15) is 0 Å². The Morgan fingerprint density at radius 1 is 1.29 bits per heavy atom. The minimum Gasteiger partial charge on any atom is -0.497 e. The van der Waals surface area contributed by atoms with Gasteiger partial charge in [0.15, 0.2) is 5.11 Å². The molecule has 1 aromatic carbocycles. The summed E-state index contributed by atoms with van der Waals surface area (Å²) in [6, 6.07) is 7.77. The smallest absolute Gasteiger partial charge is 0.242 e. The van der Waals surface area contributed by atoms with Crippen LogP contribution in [0.5, 0.6) is 5.75 Å². The van der Waals surface area contributed by atoms with E-state index < -0.39 is 10.0 Å². The van der Waals surface area contributed by atoms with Crippen molar-refractivity contribution in [3.8, 4) is 5.75 Å². The average molecular weight is 429 g/mol. The number of methoxy groups -OCH3 is 1.